The molecule has 0 saturated carbocycles. The molecule has 0 amide bonds. The van der Waals surface area contributed by atoms with E-state index in [1.807, 2.05) is 13.0 Å². The van der Waals surface area contributed by atoms with Crippen LogP contribution in [0.1, 0.15) is 12.5 Å². The lowest BCUT2D eigenvalue weighted by Gasteiger charge is -1.95. The van der Waals surface area contributed by atoms with Gasteiger partial charge in [0.05, 0.1) is 0 Å². The van der Waals surface area contributed by atoms with Crippen molar-refractivity contribution in [3.8, 4) is 5.75 Å². The minimum Gasteiger partial charge on any atom is -0.505 e. The molecule has 1 aromatic carbocycles. The third kappa shape index (κ3) is 1.80. The van der Waals surface area contributed by atoms with Gasteiger partial charge in [-0.2, -0.15) is 0 Å². The zero-order valence-corrected chi connectivity index (χ0v) is 6.21. The largest absolute Gasteiger partial charge is 0.505 e. The van der Waals surface area contributed by atoms with Gasteiger partial charge in [-0.25, -0.2) is 4.39 Å². The van der Waals surface area contributed by atoms with E-state index < -0.39 is 5.82 Å². The summed E-state index contributed by atoms with van der Waals surface area (Å²) in [6, 6.07) is 4.28. The standard InChI is InChI=1S/C9H9FO/c1-2-3-7-4-5-9(11)8(10)6-7/h2-6,11H,1H3. The van der Waals surface area contributed by atoms with E-state index in [0.717, 1.165) is 5.56 Å². The maximum Gasteiger partial charge on any atom is 0.165 e. The van der Waals surface area contributed by atoms with Crippen molar-refractivity contribution in [2.75, 3.05) is 0 Å². The molecule has 11 heavy (non-hydrogen) atoms. The number of halogens is 1. The second-order valence-electron chi connectivity index (χ2n) is 2.21. The van der Waals surface area contributed by atoms with Gasteiger partial charge < -0.3 is 5.11 Å². The Morgan fingerprint density at radius 3 is 2.73 bits per heavy atom. The van der Waals surface area contributed by atoms with Crippen LogP contribution in [-0.2, 0) is 0 Å². The fraction of sp³-hybridized carbons (Fsp3) is 0.111. The molecule has 1 nitrogen and oxygen atoms in total. The number of hydrogen-bond donors (Lipinski definition) is 1. The lowest BCUT2D eigenvalue weighted by atomic mass is 10.2. The summed E-state index contributed by atoms with van der Waals surface area (Å²) in [4.78, 5) is 0. The highest BCUT2D eigenvalue weighted by Gasteiger charge is 1.97. The van der Waals surface area contributed by atoms with E-state index >= 15 is 0 Å². The second kappa shape index (κ2) is 3.19. The second-order valence-corrected chi connectivity index (χ2v) is 2.21. The fourth-order valence-electron chi connectivity index (χ4n) is 0.819. The van der Waals surface area contributed by atoms with Crippen LogP contribution in [0.25, 0.3) is 6.08 Å². The Balaban J connectivity index is 3.05. The van der Waals surface area contributed by atoms with Gasteiger partial charge in [-0.3, -0.25) is 0 Å². The van der Waals surface area contributed by atoms with Gasteiger partial charge in [0.25, 0.3) is 0 Å². The average molecular weight is 152 g/mol. The molecule has 0 spiro atoms. The van der Waals surface area contributed by atoms with Crippen LogP contribution in [0.2, 0.25) is 0 Å². The van der Waals surface area contributed by atoms with E-state index in [9.17, 15) is 4.39 Å². The molecule has 0 atom stereocenters. The molecule has 2 heteroatoms. The van der Waals surface area contributed by atoms with Gasteiger partial charge in [0.15, 0.2) is 11.6 Å². The van der Waals surface area contributed by atoms with E-state index in [0.29, 0.717) is 0 Å². The molecule has 0 aliphatic rings. The molecule has 0 aromatic heterocycles. The zero-order valence-electron chi connectivity index (χ0n) is 6.21. The molecule has 0 unspecified atom stereocenters. The van der Waals surface area contributed by atoms with E-state index in [-0.39, 0.29) is 5.75 Å². The highest BCUT2D eigenvalue weighted by Crippen LogP contribution is 2.16. The molecule has 0 radical (unpaired) electrons. The molecular formula is C9H9FO. The molecule has 0 saturated heterocycles. The van der Waals surface area contributed by atoms with Crippen LogP contribution in [0.15, 0.2) is 24.3 Å². The van der Waals surface area contributed by atoms with Gasteiger partial charge in [-0.15, -0.1) is 0 Å². The summed E-state index contributed by atoms with van der Waals surface area (Å²) in [7, 11) is 0. The van der Waals surface area contributed by atoms with Gasteiger partial charge >= 0.3 is 0 Å². The Bertz CT molecular complexity index is 279. The van der Waals surface area contributed by atoms with Crippen molar-refractivity contribution in [2.45, 2.75) is 6.92 Å². The van der Waals surface area contributed by atoms with Crippen LogP contribution in [0.4, 0.5) is 4.39 Å². The summed E-state index contributed by atoms with van der Waals surface area (Å²) in [5.41, 5.74) is 0.753. The van der Waals surface area contributed by atoms with Crippen LogP contribution in [0, 0.1) is 5.82 Å². The summed E-state index contributed by atoms with van der Waals surface area (Å²) in [6.45, 7) is 1.85. The Kier molecular flexibility index (Phi) is 2.26. The lowest BCUT2D eigenvalue weighted by Crippen LogP contribution is -1.77. The molecule has 0 aliphatic heterocycles. The van der Waals surface area contributed by atoms with E-state index in [1.165, 1.54) is 12.1 Å². The Morgan fingerprint density at radius 2 is 2.18 bits per heavy atom. The van der Waals surface area contributed by atoms with Gasteiger partial charge in [0, 0.05) is 0 Å². The lowest BCUT2D eigenvalue weighted by molar-refractivity contribution is 0.432. The minimum atomic E-state index is -0.583. The number of phenols is 1. The Morgan fingerprint density at radius 1 is 1.45 bits per heavy atom. The Labute approximate surface area is 64.8 Å². The van der Waals surface area contributed by atoms with Crippen LogP contribution < -0.4 is 0 Å². The summed E-state index contributed by atoms with van der Waals surface area (Å²) >= 11 is 0. The molecule has 1 aromatic rings. The zero-order chi connectivity index (χ0) is 8.27. The number of hydrogen-bond acceptors (Lipinski definition) is 1. The van der Waals surface area contributed by atoms with Crippen LogP contribution >= 0.6 is 0 Å². The number of benzene rings is 1. The summed E-state index contributed by atoms with van der Waals surface area (Å²) in [5.74, 6) is -0.890. The minimum absolute atomic E-state index is 0.307. The summed E-state index contributed by atoms with van der Waals surface area (Å²) < 4.78 is 12.6. The smallest absolute Gasteiger partial charge is 0.165 e. The predicted molar refractivity (Wildman–Crippen MR) is 42.8 cm³/mol. The predicted octanol–water partition coefficient (Wildman–Crippen LogP) is 2.56. The summed E-state index contributed by atoms with van der Waals surface area (Å²) in [6.07, 6.45) is 3.58. The van der Waals surface area contributed by atoms with Gasteiger partial charge in [0.1, 0.15) is 0 Å². The highest BCUT2D eigenvalue weighted by atomic mass is 19.1. The first kappa shape index (κ1) is 7.79. The van der Waals surface area contributed by atoms with Crippen molar-refractivity contribution >= 4 is 6.08 Å². The molecule has 0 aliphatic carbocycles. The van der Waals surface area contributed by atoms with Crippen LogP contribution in [-0.4, -0.2) is 5.11 Å². The van der Waals surface area contributed by atoms with Crippen molar-refractivity contribution in [2.24, 2.45) is 0 Å². The SMILES string of the molecule is CC=Cc1ccc(O)c(F)c1. The van der Waals surface area contributed by atoms with Crippen molar-refractivity contribution in [3.05, 3.63) is 35.7 Å². The maximum atomic E-state index is 12.6. The van der Waals surface area contributed by atoms with Crippen molar-refractivity contribution in [3.63, 3.8) is 0 Å². The maximum absolute atomic E-state index is 12.6. The third-order valence-electron chi connectivity index (χ3n) is 1.33. The molecular weight excluding hydrogens is 143 g/mol. The number of allylic oxidation sites excluding steroid dienone is 1. The molecule has 0 heterocycles. The monoisotopic (exact) mass is 152 g/mol. The van der Waals surface area contributed by atoms with Crippen molar-refractivity contribution in [1.82, 2.24) is 0 Å². The molecule has 0 fully saturated rings. The normalized spacial score (nSPS) is 10.7. The van der Waals surface area contributed by atoms with Crippen LogP contribution in [0.5, 0.6) is 5.75 Å². The highest BCUT2D eigenvalue weighted by molar-refractivity contribution is 5.50. The molecule has 58 valence electrons. The summed E-state index contributed by atoms with van der Waals surface area (Å²) in [5, 5.41) is 8.81. The number of rotatable bonds is 1. The van der Waals surface area contributed by atoms with E-state index in [4.69, 9.17) is 5.11 Å². The van der Waals surface area contributed by atoms with E-state index in [2.05, 4.69) is 0 Å². The first-order valence-corrected chi connectivity index (χ1v) is 3.35. The van der Waals surface area contributed by atoms with Gasteiger partial charge in [0.2, 0.25) is 0 Å². The topological polar surface area (TPSA) is 20.2 Å². The average Bonchev–Trinajstić information content (AvgIpc) is 1.98. The molecule has 1 rings (SSSR count). The Hall–Kier alpha value is -1.31. The quantitative estimate of drug-likeness (QED) is 0.655. The number of phenolic OH excluding ortho intramolecular Hbond substituents is 1. The van der Waals surface area contributed by atoms with Crippen LogP contribution in [0.3, 0.4) is 0 Å². The molecule has 0 bridgehead atoms. The molecule has 1 N–H and O–H groups in total. The van der Waals surface area contributed by atoms with Crippen molar-refractivity contribution < 1.29 is 9.50 Å². The fourth-order valence-corrected chi connectivity index (χ4v) is 0.819. The van der Waals surface area contributed by atoms with Gasteiger partial charge in [-0.05, 0) is 24.6 Å². The van der Waals surface area contributed by atoms with Crippen molar-refractivity contribution in [1.29, 1.82) is 0 Å². The number of aromatic hydroxyl groups is 1. The first-order chi connectivity index (χ1) is 5.24. The van der Waals surface area contributed by atoms with Gasteiger partial charge in [-0.1, -0.05) is 18.2 Å². The van der Waals surface area contributed by atoms with E-state index in [1.54, 1.807) is 12.1 Å². The third-order valence-corrected chi connectivity index (χ3v) is 1.33. The first-order valence-electron chi connectivity index (χ1n) is 3.35.